The van der Waals surface area contributed by atoms with Crippen LogP contribution in [0.5, 0.6) is 0 Å². The molecule has 0 spiro atoms. The van der Waals surface area contributed by atoms with Gasteiger partial charge in [0.2, 0.25) is 0 Å². The fourth-order valence-electron chi connectivity index (χ4n) is 1.45. The third-order valence-electron chi connectivity index (χ3n) is 2.12. The SMILES string of the molecule is O=C(O)c1cccc2c1NC(=O)C2O. The van der Waals surface area contributed by atoms with E-state index in [1.54, 1.807) is 0 Å². The Balaban J connectivity index is 2.61. The Hall–Kier alpha value is -1.88. The number of aromatic carboxylic acids is 1. The summed E-state index contributed by atoms with van der Waals surface area (Å²) < 4.78 is 0. The molecule has 5 nitrogen and oxygen atoms in total. The van der Waals surface area contributed by atoms with Crippen molar-refractivity contribution in [2.75, 3.05) is 5.32 Å². The van der Waals surface area contributed by atoms with Crippen LogP contribution in [-0.4, -0.2) is 22.1 Å². The highest BCUT2D eigenvalue weighted by Crippen LogP contribution is 2.33. The standard InChI is InChI=1S/C9H7NO4/c11-7-4-2-1-3-5(9(13)14)6(4)10-8(7)12/h1-3,7,11H,(H,10,12)(H,13,14). The lowest BCUT2D eigenvalue weighted by molar-refractivity contribution is -0.123. The Labute approximate surface area is 79.0 Å². The minimum absolute atomic E-state index is 0.00704. The molecule has 1 amide bonds. The number of aliphatic hydroxyl groups is 1. The van der Waals surface area contributed by atoms with E-state index >= 15 is 0 Å². The largest absolute Gasteiger partial charge is 0.478 e. The molecule has 0 saturated heterocycles. The molecule has 72 valence electrons. The first-order valence-corrected chi connectivity index (χ1v) is 3.96. The molecule has 1 aromatic carbocycles. The van der Waals surface area contributed by atoms with Crippen LogP contribution >= 0.6 is 0 Å². The van der Waals surface area contributed by atoms with Gasteiger partial charge < -0.3 is 15.5 Å². The molecule has 1 heterocycles. The lowest BCUT2D eigenvalue weighted by atomic mass is 10.1. The maximum atomic E-state index is 11.1. The van der Waals surface area contributed by atoms with E-state index in [2.05, 4.69) is 5.32 Å². The lowest BCUT2D eigenvalue weighted by Gasteiger charge is -2.02. The molecule has 0 fully saturated rings. The maximum absolute atomic E-state index is 11.1. The Kier molecular flexibility index (Phi) is 1.75. The summed E-state index contributed by atoms with van der Waals surface area (Å²) in [4.78, 5) is 21.8. The van der Waals surface area contributed by atoms with Crippen molar-refractivity contribution in [3.63, 3.8) is 0 Å². The van der Waals surface area contributed by atoms with E-state index < -0.39 is 18.0 Å². The van der Waals surface area contributed by atoms with Gasteiger partial charge in [0.15, 0.2) is 6.10 Å². The highest BCUT2D eigenvalue weighted by Gasteiger charge is 2.31. The van der Waals surface area contributed by atoms with Gasteiger partial charge in [-0.15, -0.1) is 0 Å². The van der Waals surface area contributed by atoms with Gasteiger partial charge in [-0.25, -0.2) is 4.79 Å². The second kappa shape index (κ2) is 2.81. The molecule has 2 rings (SSSR count). The zero-order valence-corrected chi connectivity index (χ0v) is 7.02. The van der Waals surface area contributed by atoms with E-state index in [0.29, 0.717) is 5.56 Å². The molecule has 0 aliphatic carbocycles. The number of hydrogen-bond acceptors (Lipinski definition) is 3. The van der Waals surface area contributed by atoms with Gasteiger partial charge in [-0.2, -0.15) is 0 Å². The molecular formula is C9H7NO4. The average molecular weight is 193 g/mol. The molecular weight excluding hydrogens is 186 g/mol. The van der Waals surface area contributed by atoms with Crippen LogP contribution in [0.15, 0.2) is 18.2 Å². The number of aliphatic hydroxyl groups excluding tert-OH is 1. The van der Waals surface area contributed by atoms with Gasteiger partial charge in [0.25, 0.3) is 5.91 Å². The third kappa shape index (κ3) is 1.06. The Morgan fingerprint density at radius 1 is 1.43 bits per heavy atom. The predicted molar refractivity (Wildman–Crippen MR) is 47.0 cm³/mol. The summed E-state index contributed by atoms with van der Waals surface area (Å²) >= 11 is 0. The van der Waals surface area contributed by atoms with E-state index in [1.807, 2.05) is 0 Å². The number of carbonyl (C=O) groups excluding carboxylic acids is 1. The van der Waals surface area contributed by atoms with Gasteiger partial charge in [-0.1, -0.05) is 12.1 Å². The van der Waals surface area contributed by atoms with Crippen molar-refractivity contribution in [3.05, 3.63) is 29.3 Å². The predicted octanol–water partition coefficient (Wildman–Crippen LogP) is 0.370. The number of carboxylic acids is 1. The Morgan fingerprint density at radius 2 is 2.14 bits per heavy atom. The number of anilines is 1. The van der Waals surface area contributed by atoms with Crippen molar-refractivity contribution in [2.24, 2.45) is 0 Å². The van der Waals surface area contributed by atoms with Crippen LogP contribution in [0.3, 0.4) is 0 Å². The van der Waals surface area contributed by atoms with Crippen LogP contribution in [0, 0.1) is 0 Å². The number of amides is 1. The van der Waals surface area contributed by atoms with Crippen molar-refractivity contribution in [1.29, 1.82) is 0 Å². The molecule has 1 aromatic rings. The summed E-state index contributed by atoms with van der Waals surface area (Å²) in [5, 5.41) is 20.5. The minimum Gasteiger partial charge on any atom is -0.478 e. The summed E-state index contributed by atoms with van der Waals surface area (Å²) in [6, 6.07) is 4.38. The number of benzene rings is 1. The van der Waals surface area contributed by atoms with Gasteiger partial charge in [-0.05, 0) is 6.07 Å². The Morgan fingerprint density at radius 3 is 2.79 bits per heavy atom. The van der Waals surface area contributed by atoms with E-state index in [-0.39, 0.29) is 11.3 Å². The molecule has 1 aliphatic heterocycles. The second-order valence-electron chi connectivity index (χ2n) is 2.97. The maximum Gasteiger partial charge on any atom is 0.337 e. The number of rotatable bonds is 1. The van der Waals surface area contributed by atoms with Crippen LogP contribution in [0.25, 0.3) is 0 Å². The van der Waals surface area contributed by atoms with Gasteiger partial charge in [0, 0.05) is 5.56 Å². The van der Waals surface area contributed by atoms with Gasteiger partial charge in [0.05, 0.1) is 11.3 Å². The molecule has 0 saturated carbocycles. The smallest absolute Gasteiger partial charge is 0.337 e. The lowest BCUT2D eigenvalue weighted by Crippen LogP contribution is -2.11. The van der Waals surface area contributed by atoms with Crippen molar-refractivity contribution in [1.82, 2.24) is 0 Å². The first-order valence-electron chi connectivity index (χ1n) is 3.96. The normalized spacial score (nSPS) is 18.9. The van der Waals surface area contributed by atoms with E-state index in [4.69, 9.17) is 5.11 Å². The number of carbonyl (C=O) groups is 2. The zero-order valence-electron chi connectivity index (χ0n) is 7.02. The first kappa shape index (κ1) is 8.71. The highest BCUT2D eigenvalue weighted by molar-refractivity contribution is 6.08. The van der Waals surface area contributed by atoms with E-state index in [9.17, 15) is 14.7 Å². The van der Waals surface area contributed by atoms with Gasteiger partial charge in [0.1, 0.15) is 0 Å². The molecule has 1 aliphatic rings. The van der Waals surface area contributed by atoms with Crippen molar-refractivity contribution in [3.8, 4) is 0 Å². The summed E-state index contributed by atoms with van der Waals surface area (Å²) in [6.07, 6.45) is -1.26. The third-order valence-corrected chi connectivity index (χ3v) is 2.12. The summed E-state index contributed by atoms with van der Waals surface area (Å²) in [7, 11) is 0. The number of para-hydroxylation sites is 1. The molecule has 5 heteroatoms. The van der Waals surface area contributed by atoms with Crippen LogP contribution in [0.4, 0.5) is 5.69 Å². The minimum atomic E-state index is -1.26. The van der Waals surface area contributed by atoms with E-state index in [1.165, 1.54) is 18.2 Å². The van der Waals surface area contributed by atoms with Crippen LogP contribution in [0.1, 0.15) is 22.0 Å². The second-order valence-corrected chi connectivity index (χ2v) is 2.97. The molecule has 0 aromatic heterocycles. The number of carboxylic acid groups (broad SMARTS) is 1. The molecule has 3 N–H and O–H groups in total. The first-order chi connectivity index (χ1) is 6.61. The fourth-order valence-corrected chi connectivity index (χ4v) is 1.45. The molecule has 0 bridgehead atoms. The van der Waals surface area contributed by atoms with Gasteiger partial charge >= 0.3 is 5.97 Å². The average Bonchev–Trinajstić information content (AvgIpc) is 2.43. The molecule has 1 unspecified atom stereocenters. The monoisotopic (exact) mass is 193 g/mol. The zero-order chi connectivity index (χ0) is 10.3. The molecule has 0 radical (unpaired) electrons. The van der Waals surface area contributed by atoms with Crippen LogP contribution < -0.4 is 5.32 Å². The quantitative estimate of drug-likeness (QED) is 0.601. The van der Waals surface area contributed by atoms with Crippen molar-refractivity contribution < 1.29 is 19.8 Å². The molecule has 1 atom stereocenters. The molecule has 14 heavy (non-hydrogen) atoms. The summed E-state index contributed by atoms with van der Waals surface area (Å²) in [5.41, 5.74) is 0.500. The fraction of sp³-hybridized carbons (Fsp3) is 0.111. The number of hydrogen-bond donors (Lipinski definition) is 3. The Bertz CT molecular complexity index is 427. The van der Waals surface area contributed by atoms with Crippen molar-refractivity contribution >= 4 is 17.6 Å². The topological polar surface area (TPSA) is 86.6 Å². The number of nitrogens with one attached hydrogen (secondary N) is 1. The van der Waals surface area contributed by atoms with Crippen LogP contribution in [0.2, 0.25) is 0 Å². The van der Waals surface area contributed by atoms with Crippen molar-refractivity contribution in [2.45, 2.75) is 6.10 Å². The highest BCUT2D eigenvalue weighted by atomic mass is 16.4. The number of fused-ring (bicyclic) bond motifs is 1. The summed E-state index contributed by atoms with van der Waals surface area (Å²) in [6.45, 7) is 0. The van der Waals surface area contributed by atoms with E-state index in [0.717, 1.165) is 0 Å². The summed E-state index contributed by atoms with van der Waals surface area (Å²) in [5.74, 6) is -1.72. The van der Waals surface area contributed by atoms with Crippen LogP contribution in [-0.2, 0) is 4.79 Å². The van der Waals surface area contributed by atoms with Gasteiger partial charge in [-0.3, -0.25) is 4.79 Å².